The normalized spacial score (nSPS) is 12.2. The molecule has 2 rings (SSSR count). The predicted molar refractivity (Wildman–Crippen MR) is 70.4 cm³/mol. The molecule has 0 aromatic carbocycles. The van der Waals surface area contributed by atoms with Gasteiger partial charge in [-0.1, -0.05) is 6.92 Å². The molecule has 0 aliphatic rings. The highest BCUT2D eigenvalue weighted by atomic mass is 19.1. The summed E-state index contributed by atoms with van der Waals surface area (Å²) in [7, 11) is 0. The first kappa shape index (κ1) is 14.1. The third-order valence-electron chi connectivity index (χ3n) is 2.81. The minimum Gasteiger partial charge on any atom is -0.342 e. The Hall–Kier alpha value is -2.31. The Balaban J connectivity index is 2.09. The fourth-order valence-electron chi connectivity index (χ4n) is 1.89. The number of carbonyl (C=O) groups is 1. The van der Waals surface area contributed by atoms with Gasteiger partial charge in [0.1, 0.15) is 12.1 Å². The number of rotatable bonds is 5. The molecule has 0 aliphatic carbocycles. The van der Waals surface area contributed by atoms with Crippen LogP contribution in [0.4, 0.5) is 4.39 Å². The maximum Gasteiger partial charge on any atom is 0.253 e. The summed E-state index contributed by atoms with van der Waals surface area (Å²) in [5, 5.41) is 10.6. The van der Waals surface area contributed by atoms with E-state index >= 15 is 0 Å². The number of halogens is 1. The predicted octanol–water partition coefficient (Wildman–Crippen LogP) is 1.71. The molecule has 2 aromatic rings. The molecular formula is C13H16FN5O. The second-order valence-corrected chi connectivity index (χ2v) is 4.47. The molecule has 0 fully saturated rings. The zero-order chi connectivity index (χ0) is 14.5. The van der Waals surface area contributed by atoms with Crippen molar-refractivity contribution < 1.29 is 9.18 Å². The summed E-state index contributed by atoms with van der Waals surface area (Å²) in [6.07, 6.45) is 4.95. The number of aryl methyl sites for hydroxylation is 1. The van der Waals surface area contributed by atoms with Crippen LogP contribution in [-0.4, -0.2) is 25.7 Å². The van der Waals surface area contributed by atoms with Crippen LogP contribution >= 0.6 is 0 Å². The largest absolute Gasteiger partial charge is 0.342 e. The van der Waals surface area contributed by atoms with Crippen LogP contribution in [0.5, 0.6) is 0 Å². The van der Waals surface area contributed by atoms with Crippen molar-refractivity contribution >= 4 is 5.91 Å². The first-order valence-corrected chi connectivity index (χ1v) is 6.41. The molecule has 0 saturated heterocycles. The Morgan fingerprint density at radius 1 is 1.50 bits per heavy atom. The number of aromatic nitrogens is 4. The van der Waals surface area contributed by atoms with Crippen molar-refractivity contribution in [3.8, 4) is 0 Å². The van der Waals surface area contributed by atoms with Crippen molar-refractivity contribution in [3.63, 3.8) is 0 Å². The van der Waals surface area contributed by atoms with Crippen LogP contribution in [0.2, 0.25) is 0 Å². The van der Waals surface area contributed by atoms with Crippen LogP contribution in [0.15, 0.2) is 24.8 Å². The fraction of sp³-hybridized carbons (Fsp3) is 0.385. The lowest BCUT2D eigenvalue weighted by atomic mass is 10.2. The SMILES string of the molecule is CCCn1cnnc1[C@@H](C)NC(=O)c1cncc(F)c1. The lowest BCUT2D eigenvalue weighted by Crippen LogP contribution is -2.29. The van der Waals surface area contributed by atoms with Crippen LogP contribution in [0.1, 0.15) is 42.5 Å². The average Bonchev–Trinajstić information content (AvgIpc) is 2.87. The van der Waals surface area contributed by atoms with Gasteiger partial charge >= 0.3 is 0 Å². The molecule has 0 unspecified atom stereocenters. The summed E-state index contributed by atoms with van der Waals surface area (Å²) in [4.78, 5) is 15.6. The zero-order valence-corrected chi connectivity index (χ0v) is 11.4. The van der Waals surface area contributed by atoms with Gasteiger partial charge in [0.05, 0.1) is 17.8 Å². The van der Waals surface area contributed by atoms with Crippen molar-refractivity contribution in [2.75, 3.05) is 0 Å². The van der Waals surface area contributed by atoms with E-state index in [1.807, 2.05) is 11.5 Å². The quantitative estimate of drug-likeness (QED) is 0.903. The van der Waals surface area contributed by atoms with Gasteiger partial charge in [0.15, 0.2) is 5.82 Å². The Labute approximate surface area is 116 Å². The molecule has 106 valence electrons. The standard InChI is InChI=1S/C13H16FN5O/c1-3-4-19-8-16-18-12(19)9(2)17-13(20)10-5-11(14)7-15-6-10/h5-9H,3-4H2,1-2H3,(H,17,20)/t9-/m1/s1. The monoisotopic (exact) mass is 277 g/mol. The van der Waals surface area contributed by atoms with Gasteiger partial charge in [0.2, 0.25) is 0 Å². The van der Waals surface area contributed by atoms with Gasteiger partial charge in [-0.3, -0.25) is 9.78 Å². The number of pyridine rings is 1. The first-order valence-electron chi connectivity index (χ1n) is 6.41. The number of nitrogens with one attached hydrogen (secondary N) is 1. The Morgan fingerprint density at radius 3 is 3.00 bits per heavy atom. The summed E-state index contributed by atoms with van der Waals surface area (Å²) >= 11 is 0. The van der Waals surface area contributed by atoms with E-state index < -0.39 is 11.7 Å². The van der Waals surface area contributed by atoms with E-state index in [1.165, 1.54) is 6.20 Å². The Morgan fingerprint density at radius 2 is 2.30 bits per heavy atom. The molecule has 2 aromatic heterocycles. The second kappa shape index (κ2) is 6.23. The molecular weight excluding hydrogens is 261 g/mol. The van der Waals surface area contributed by atoms with Crippen LogP contribution in [0.25, 0.3) is 0 Å². The van der Waals surface area contributed by atoms with E-state index in [2.05, 4.69) is 20.5 Å². The molecule has 2 heterocycles. The van der Waals surface area contributed by atoms with Crippen molar-refractivity contribution in [2.24, 2.45) is 0 Å². The molecule has 0 bridgehead atoms. The number of carbonyl (C=O) groups excluding carboxylic acids is 1. The third-order valence-corrected chi connectivity index (χ3v) is 2.81. The summed E-state index contributed by atoms with van der Waals surface area (Å²) in [5.74, 6) is -0.264. The average molecular weight is 277 g/mol. The van der Waals surface area contributed by atoms with Crippen LogP contribution < -0.4 is 5.32 Å². The van der Waals surface area contributed by atoms with Crippen molar-refractivity contribution in [1.29, 1.82) is 0 Å². The number of hydrogen-bond donors (Lipinski definition) is 1. The third kappa shape index (κ3) is 3.17. The molecule has 6 nitrogen and oxygen atoms in total. The van der Waals surface area contributed by atoms with E-state index in [9.17, 15) is 9.18 Å². The van der Waals surface area contributed by atoms with Gasteiger partial charge < -0.3 is 9.88 Å². The molecule has 20 heavy (non-hydrogen) atoms. The van der Waals surface area contributed by atoms with Crippen molar-refractivity contribution in [1.82, 2.24) is 25.1 Å². The van der Waals surface area contributed by atoms with Gasteiger partial charge in [0, 0.05) is 12.7 Å². The molecule has 0 radical (unpaired) electrons. The van der Waals surface area contributed by atoms with E-state index in [1.54, 1.807) is 13.3 Å². The highest BCUT2D eigenvalue weighted by molar-refractivity contribution is 5.94. The minimum absolute atomic E-state index is 0.179. The minimum atomic E-state index is -0.542. The highest BCUT2D eigenvalue weighted by Gasteiger charge is 2.16. The van der Waals surface area contributed by atoms with Crippen LogP contribution in [0.3, 0.4) is 0 Å². The molecule has 1 amide bonds. The van der Waals surface area contributed by atoms with Gasteiger partial charge in [0.25, 0.3) is 5.91 Å². The lowest BCUT2D eigenvalue weighted by Gasteiger charge is -2.14. The Bertz CT molecular complexity index is 598. The smallest absolute Gasteiger partial charge is 0.253 e. The summed E-state index contributed by atoms with van der Waals surface area (Å²) in [5.41, 5.74) is 0.179. The molecule has 0 saturated carbocycles. The molecule has 1 N–H and O–H groups in total. The number of nitrogens with zero attached hydrogens (tertiary/aromatic N) is 4. The topological polar surface area (TPSA) is 72.7 Å². The lowest BCUT2D eigenvalue weighted by molar-refractivity contribution is 0.0936. The maximum atomic E-state index is 13.0. The van der Waals surface area contributed by atoms with Gasteiger partial charge in [-0.25, -0.2) is 4.39 Å². The van der Waals surface area contributed by atoms with Crippen molar-refractivity contribution in [2.45, 2.75) is 32.9 Å². The molecule has 1 atom stereocenters. The van der Waals surface area contributed by atoms with Gasteiger partial charge in [-0.15, -0.1) is 10.2 Å². The molecule has 0 aliphatic heterocycles. The van der Waals surface area contributed by atoms with E-state index in [0.717, 1.165) is 25.2 Å². The van der Waals surface area contributed by atoms with Gasteiger partial charge in [-0.2, -0.15) is 0 Å². The number of hydrogen-bond acceptors (Lipinski definition) is 4. The fourth-order valence-corrected chi connectivity index (χ4v) is 1.89. The van der Waals surface area contributed by atoms with Crippen LogP contribution in [-0.2, 0) is 6.54 Å². The summed E-state index contributed by atoms with van der Waals surface area (Å²) < 4.78 is 14.9. The van der Waals surface area contributed by atoms with E-state index in [-0.39, 0.29) is 11.6 Å². The first-order chi connectivity index (χ1) is 9.61. The maximum absolute atomic E-state index is 13.0. The van der Waals surface area contributed by atoms with Crippen molar-refractivity contribution in [3.05, 3.63) is 42.0 Å². The van der Waals surface area contributed by atoms with Gasteiger partial charge in [-0.05, 0) is 19.4 Å². The number of amides is 1. The Kier molecular flexibility index (Phi) is 4.39. The van der Waals surface area contributed by atoms with Crippen LogP contribution in [0, 0.1) is 5.82 Å². The molecule has 0 spiro atoms. The molecule has 7 heteroatoms. The summed E-state index contributed by atoms with van der Waals surface area (Å²) in [6.45, 7) is 4.64. The zero-order valence-electron chi connectivity index (χ0n) is 11.4. The second-order valence-electron chi connectivity index (χ2n) is 4.47. The van der Waals surface area contributed by atoms with E-state index in [4.69, 9.17) is 0 Å². The summed E-state index contributed by atoms with van der Waals surface area (Å²) in [6, 6.07) is 0.825. The van der Waals surface area contributed by atoms with E-state index in [0.29, 0.717) is 5.82 Å². The highest BCUT2D eigenvalue weighted by Crippen LogP contribution is 2.11.